The van der Waals surface area contributed by atoms with E-state index in [2.05, 4.69) is 16.4 Å². The topological polar surface area (TPSA) is 48.7 Å². The van der Waals surface area contributed by atoms with E-state index in [4.69, 9.17) is 5.26 Å². The summed E-state index contributed by atoms with van der Waals surface area (Å²) in [6.45, 7) is 0.536. The highest BCUT2D eigenvalue weighted by Crippen LogP contribution is 2.11. The van der Waals surface area contributed by atoms with Gasteiger partial charge in [0.25, 0.3) is 0 Å². The van der Waals surface area contributed by atoms with E-state index in [-0.39, 0.29) is 5.82 Å². The van der Waals surface area contributed by atoms with Crippen LogP contribution in [0.4, 0.5) is 4.39 Å². The summed E-state index contributed by atoms with van der Waals surface area (Å²) in [7, 11) is 0. The standard InChI is InChI=1S/C15H14FN3/c16-14-6-2-1-4-12(14)7-9-19-15(10-17)13-5-3-8-18-11-13/h1-6,8,11,15,19H,7,9H2. The molecule has 0 saturated heterocycles. The Hall–Kier alpha value is -2.25. The largest absolute Gasteiger partial charge is 0.298 e. The number of nitrogens with one attached hydrogen (secondary N) is 1. The molecule has 1 aromatic carbocycles. The van der Waals surface area contributed by atoms with Gasteiger partial charge in [0.2, 0.25) is 0 Å². The quantitative estimate of drug-likeness (QED) is 0.893. The number of aromatic nitrogens is 1. The lowest BCUT2D eigenvalue weighted by Crippen LogP contribution is -2.22. The molecular weight excluding hydrogens is 241 g/mol. The van der Waals surface area contributed by atoms with E-state index in [0.29, 0.717) is 18.5 Å². The third-order valence-corrected chi connectivity index (χ3v) is 2.85. The van der Waals surface area contributed by atoms with Crippen LogP contribution in [0.2, 0.25) is 0 Å². The lowest BCUT2D eigenvalue weighted by atomic mass is 10.1. The van der Waals surface area contributed by atoms with Crippen LogP contribution in [-0.2, 0) is 6.42 Å². The fraction of sp³-hybridized carbons (Fsp3) is 0.200. The maximum atomic E-state index is 13.4. The summed E-state index contributed by atoms with van der Waals surface area (Å²) in [5.74, 6) is -0.209. The average molecular weight is 255 g/mol. The molecule has 1 N–H and O–H groups in total. The van der Waals surface area contributed by atoms with Crippen LogP contribution < -0.4 is 5.32 Å². The maximum Gasteiger partial charge on any atom is 0.126 e. The fourth-order valence-electron chi connectivity index (χ4n) is 1.84. The second kappa shape index (κ2) is 6.62. The van der Waals surface area contributed by atoms with Gasteiger partial charge in [-0.3, -0.25) is 10.3 Å². The van der Waals surface area contributed by atoms with E-state index >= 15 is 0 Å². The smallest absolute Gasteiger partial charge is 0.126 e. The lowest BCUT2D eigenvalue weighted by molar-refractivity contribution is 0.585. The van der Waals surface area contributed by atoms with Crippen molar-refractivity contribution in [1.82, 2.24) is 10.3 Å². The zero-order valence-electron chi connectivity index (χ0n) is 10.4. The summed E-state index contributed by atoms with van der Waals surface area (Å²) in [5, 5.41) is 12.2. The van der Waals surface area contributed by atoms with Crippen molar-refractivity contribution < 1.29 is 4.39 Å². The lowest BCUT2D eigenvalue weighted by Gasteiger charge is -2.11. The second-order valence-electron chi connectivity index (χ2n) is 4.14. The molecule has 1 unspecified atom stereocenters. The number of nitrogens with zero attached hydrogens (tertiary/aromatic N) is 2. The van der Waals surface area contributed by atoms with E-state index in [1.165, 1.54) is 6.07 Å². The van der Waals surface area contributed by atoms with Crippen LogP contribution in [0.3, 0.4) is 0 Å². The van der Waals surface area contributed by atoms with E-state index in [1.807, 2.05) is 6.07 Å². The van der Waals surface area contributed by atoms with Crippen LogP contribution in [-0.4, -0.2) is 11.5 Å². The zero-order chi connectivity index (χ0) is 13.5. The van der Waals surface area contributed by atoms with Crippen LogP contribution >= 0.6 is 0 Å². The van der Waals surface area contributed by atoms with Gasteiger partial charge in [-0.1, -0.05) is 24.3 Å². The van der Waals surface area contributed by atoms with Gasteiger partial charge in [0.05, 0.1) is 6.07 Å². The van der Waals surface area contributed by atoms with Crippen molar-refractivity contribution in [2.75, 3.05) is 6.54 Å². The molecule has 3 nitrogen and oxygen atoms in total. The molecule has 0 radical (unpaired) electrons. The van der Waals surface area contributed by atoms with Gasteiger partial charge in [-0.2, -0.15) is 5.26 Å². The highest BCUT2D eigenvalue weighted by Gasteiger charge is 2.09. The monoisotopic (exact) mass is 255 g/mol. The van der Waals surface area contributed by atoms with Gasteiger partial charge < -0.3 is 0 Å². The van der Waals surface area contributed by atoms with Crippen molar-refractivity contribution in [3.05, 3.63) is 65.7 Å². The van der Waals surface area contributed by atoms with Crippen molar-refractivity contribution >= 4 is 0 Å². The number of nitriles is 1. The molecular formula is C15H14FN3. The van der Waals surface area contributed by atoms with Crippen molar-refractivity contribution in [2.45, 2.75) is 12.5 Å². The molecule has 0 aliphatic carbocycles. The highest BCUT2D eigenvalue weighted by atomic mass is 19.1. The molecule has 0 saturated carbocycles. The van der Waals surface area contributed by atoms with Crippen molar-refractivity contribution in [3.63, 3.8) is 0 Å². The van der Waals surface area contributed by atoms with Crippen LogP contribution in [0.25, 0.3) is 0 Å². The SMILES string of the molecule is N#CC(NCCc1ccccc1F)c1cccnc1. The van der Waals surface area contributed by atoms with E-state index in [9.17, 15) is 4.39 Å². The van der Waals surface area contributed by atoms with E-state index in [0.717, 1.165) is 5.56 Å². The normalized spacial score (nSPS) is 11.8. The molecule has 19 heavy (non-hydrogen) atoms. The van der Waals surface area contributed by atoms with Crippen molar-refractivity contribution in [2.24, 2.45) is 0 Å². The molecule has 0 amide bonds. The second-order valence-corrected chi connectivity index (χ2v) is 4.14. The molecule has 1 atom stereocenters. The number of hydrogen-bond acceptors (Lipinski definition) is 3. The van der Waals surface area contributed by atoms with Crippen LogP contribution in [0, 0.1) is 17.1 Å². The van der Waals surface area contributed by atoms with Gasteiger partial charge >= 0.3 is 0 Å². The molecule has 1 heterocycles. The summed E-state index contributed by atoms with van der Waals surface area (Å²) in [6, 6.07) is 12.1. The molecule has 0 spiro atoms. The van der Waals surface area contributed by atoms with Crippen molar-refractivity contribution in [1.29, 1.82) is 5.26 Å². The maximum absolute atomic E-state index is 13.4. The molecule has 2 rings (SSSR count). The summed E-state index contributed by atoms with van der Waals surface area (Å²) in [4.78, 5) is 3.98. The Kier molecular flexibility index (Phi) is 4.60. The Morgan fingerprint density at radius 3 is 2.79 bits per heavy atom. The summed E-state index contributed by atoms with van der Waals surface area (Å²) >= 11 is 0. The Balaban J connectivity index is 1.92. The minimum Gasteiger partial charge on any atom is -0.298 e. The fourth-order valence-corrected chi connectivity index (χ4v) is 1.84. The van der Waals surface area contributed by atoms with Crippen LogP contribution in [0.1, 0.15) is 17.2 Å². The average Bonchev–Trinajstić information content (AvgIpc) is 2.46. The third-order valence-electron chi connectivity index (χ3n) is 2.85. The predicted octanol–water partition coefficient (Wildman–Crippen LogP) is 2.62. The van der Waals surface area contributed by atoms with Gasteiger partial charge in [-0.15, -0.1) is 0 Å². The summed E-state index contributed by atoms with van der Waals surface area (Å²) in [6.07, 6.45) is 3.87. The van der Waals surface area contributed by atoms with Crippen LogP contribution in [0.15, 0.2) is 48.8 Å². The Labute approximate surface area is 111 Å². The molecule has 0 aliphatic heterocycles. The summed E-state index contributed by atoms with van der Waals surface area (Å²) < 4.78 is 13.4. The molecule has 0 bridgehead atoms. The van der Waals surface area contributed by atoms with Gasteiger partial charge in [0.15, 0.2) is 0 Å². The molecule has 4 heteroatoms. The molecule has 0 aliphatic rings. The zero-order valence-corrected chi connectivity index (χ0v) is 10.4. The first-order chi connectivity index (χ1) is 9.31. The first kappa shape index (κ1) is 13.2. The number of halogens is 1. The molecule has 1 aromatic heterocycles. The Bertz CT molecular complexity index is 563. The van der Waals surface area contributed by atoms with Gasteiger partial charge in [0, 0.05) is 24.5 Å². The Morgan fingerprint density at radius 2 is 2.11 bits per heavy atom. The van der Waals surface area contributed by atoms with E-state index < -0.39 is 6.04 Å². The number of rotatable bonds is 5. The van der Waals surface area contributed by atoms with Crippen LogP contribution in [0.5, 0.6) is 0 Å². The summed E-state index contributed by atoms with van der Waals surface area (Å²) in [5.41, 5.74) is 1.47. The van der Waals surface area contributed by atoms with Gasteiger partial charge in [-0.25, -0.2) is 4.39 Å². The van der Waals surface area contributed by atoms with E-state index in [1.54, 1.807) is 36.7 Å². The minimum atomic E-state index is -0.416. The minimum absolute atomic E-state index is 0.209. The number of pyridine rings is 1. The number of benzene rings is 1. The molecule has 0 fully saturated rings. The third kappa shape index (κ3) is 3.60. The first-order valence-corrected chi connectivity index (χ1v) is 6.07. The Morgan fingerprint density at radius 1 is 1.26 bits per heavy atom. The molecule has 2 aromatic rings. The number of hydrogen-bond donors (Lipinski definition) is 1. The predicted molar refractivity (Wildman–Crippen MR) is 70.7 cm³/mol. The van der Waals surface area contributed by atoms with Crippen molar-refractivity contribution in [3.8, 4) is 6.07 Å². The van der Waals surface area contributed by atoms with Gasteiger partial charge in [-0.05, 0) is 24.1 Å². The van der Waals surface area contributed by atoms with Gasteiger partial charge in [0.1, 0.15) is 11.9 Å². The highest BCUT2D eigenvalue weighted by molar-refractivity contribution is 5.21. The first-order valence-electron chi connectivity index (χ1n) is 6.07. The molecule has 96 valence electrons.